The lowest BCUT2D eigenvalue weighted by atomic mass is 9.77. The highest BCUT2D eigenvalue weighted by molar-refractivity contribution is 5.96. The lowest BCUT2D eigenvalue weighted by Crippen LogP contribution is -2.12. The molecule has 2 saturated carbocycles. The first-order valence-corrected chi connectivity index (χ1v) is 18.3. The number of carbonyl (C=O) groups is 2. The van der Waals surface area contributed by atoms with E-state index in [1.54, 1.807) is 12.1 Å². The van der Waals surface area contributed by atoms with Crippen LogP contribution in [0.4, 0.5) is 17.6 Å². The first kappa shape index (κ1) is 39.3. The summed E-state index contributed by atoms with van der Waals surface area (Å²) >= 11 is 0. The van der Waals surface area contributed by atoms with Crippen molar-refractivity contribution in [2.75, 3.05) is 0 Å². The van der Waals surface area contributed by atoms with Crippen molar-refractivity contribution in [1.29, 1.82) is 0 Å². The van der Waals surface area contributed by atoms with Gasteiger partial charge in [-0.15, -0.1) is 0 Å². The first-order valence-electron chi connectivity index (χ1n) is 18.3. The summed E-state index contributed by atoms with van der Waals surface area (Å²) in [5.41, 5.74) is 3.93. The van der Waals surface area contributed by atoms with Gasteiger partial charge in [0.2, 0.25) is 0 Å². The van der Waals surface area contributed by atoms with Crippen molar-refractivity contribution in [2.45, 2.75) is 96.7 Å². The zero-order valence-electron chi connectivity index (χ0n) is 30.0. The van der Waals surface area contributed by atoms with Gasteiger partial charge in [-0.2, -0.15) is 17.6 Å². The molecule has 0 heterocycles. The average molecular weight is 735 g/mol. The van der Waals surface area contributed by atoms with Crippen molar-refractivity contribution in [3.63, 3.8) is 0 Å². The van der Waals surface area contributed by atoms with Gasteiger partial charge < -0.3 is 19.3 Å². The molecule has 53 heavy (non-hydrogen) atoms. The van der Waals surface area contributed by atoms with E-state index in [9.17, 15) is 32.3 Å². The smallest absolute Gasteiger partial charge is 0.387 e. The molecule has 0 radical (unpaired) electrons. The minimum atomic E-state index is -2.95. The van der Waals surface area contributed by atoms with E-state index in [0.29, 0.717) is 28.7 Å². The van der Waals surface area contributed by atoms with E-state index >= 15 is 0 Å². The summed E-state index contributed by atoms with van der Waals surface area (Å²) in [6.45, 7) is -1.30. The maximum Gasteiger partial charge on any atom is 0.387 e. The highest BCUT2D eigenvalue weighted by Gasteiger charge is 2.22. The van der Waals surface area contributed by atoms with Crippen molar-refractivity contribution < 1.29 is 46.5 Å². The molecule has 0 amide bonds. The van der Waals surface area contributed by atoms with Gasteiger partial charge in [0.1, 0.15) is 17.2 Å². The normalized spacial score (nSPS) is 19.9. The second-order valence-electron chi connectivity index (χ2n) is 14.0. The van der Waals surface area contributed by atoms with Gasteiger partial charge in [0.15, 0.2) is 0 Å². The van der Waals surface area contributed by atoms with Crippen LogP contribution >= 0.6 is 0 Å². The molecule has 2 aliphatic carbocycles. The maximum absolute atomic E-state index is 12.5. The fourth-order valence-corrected chi connectivity index (χ4v) is 7.30. The summed E-state index contributed by atoms with van der Waals surface area (Å²) in [4.78, 5) is 23.7. The van der Waals surface area contributed by atoms with E-state index in [4.69, 9.17) is 4.74 Å². The molecule has 4 aromatic rings. The summed E-state index contributed by atoms with van der Waals surface area (Å²) in [6, 6.07) is 24.8. The van der Waals surface area contributed by atoms with Crippen LogP contribution in [0.15, 0.2) is 91.0 Å². The largest absolute Gasteiger partial charge is 0.478 e. The summed E-state index contributed by atoms with van der Waals surface area (Å²) in [5.74, 6) is 1.54. The Morgan fingerprint density at radius 1 is 0.660 bits per heavy atom. The molecule has 4 aromatic carbocycles. The Labute approximate surface area is 308 Å². The van der Waals surface area contributed by atoms with Gasteiger partial charge in [-0.25, -0.2) is 9.59 Å². The van der Waals surface area contributed by atoms with Crippen LogP contribution in [0.25, 0.3) is 11.1 Å². The Kier molecular flexibility index (Phi) is 13.9. The molecular weight excluding hydrogens is 688 g/mol. The van der Waals surface area contributed by atoms with Gasteiger partial charge in [-0.05, 0) is 139 Å². The number of carboxylic acid groups (broad SMARTS) is 1. The molecule has 0 bridgehead atoms. The quantitative estimate of drug-likeness (QED) is 0.0938. The molecule has 0 spiro atoms. The Morgan fingerprint density at radius 3 is 1.68 bits per heavy atom. The predicted molar refractivity (Wildman–Crippen MR) is 195 cm³/mol. The van der Waals surface area contributed by atoms with Crippen LogP contribution in [-0.4, -0.2) is 30.3 Å². The average Bonchev–Trinajstić information content (AvgIpc) is 3.15. The van der Waals surface area contributed by atoms with E-state index in [-0.39, 0.29) is 22.6 Å². The minimum Gasteiger partial charge on any atom is -0.478 e. The van der Waals surface area contributed by atoms with E-state index in [1.807, 2.05) is 36.4 Å². The number of rotatable bonds is 11. The molecular formula is C43H46F4O6. The number of ether oxygens (including phenoxy) is 3. The zero-order valence-corrected chi connectivity index (χ0v) is 30.0. The van der Waals surface area contributed by atoms with Gasteiger partial charge >= 0.3 is 25.2 Å². The molecule has 2 aliphatic rings. The van der Waals surface area contributed by atoms with Crippen molar-refractivity contribution in [1.82, 2.24) is 0 Å². The standard InChI is InChI=1S/C22H24F2O3.C21H22F2O3/c1-2-14-3-5-15(6-4-14)16-7-9-17(10-8-16)20-13-18(27-22(23)24)11-12-19(20)21(25)26;1-14-2-4-15(5-3-14)16-6-10-18(11-7-16)25-20(24)17-8-12-19(13-9-17)26-21(22)23/h7-15,22H,2-6H2,1H3,(H,25,26);6-15,21H,2-5H2,1H3/t;14-,15-. The van der Waals surface area contributed by atoms with Crippen LogP contribution in [0.5, 0.6) is 17.2 Å². The lowest BCUT2D eigenvalue weighted by Gasteiger charge is -2.28. The fraction of sp³-hybridized carbons (Fsp3) is 0.395. The van der Waals surface area contributed by atoms with Crippen LogP contribution < -0.4 is 14.2 Å². The zero-order chi connectivity index (χ0) is 37.9. The molecule has 10 heteroatoms. The molecule has 0 atom stereocenters. The second kappa shape index (κ2) is 18.8. The first-order chi connectivity index (χ1) is 25.5. The van der Waals surface area contributed by atoms with Gasteiger partial charge in [-0.3, -0.25) is 0 Å². The number of carbonyl (C=O) groups excluding carboxylic acids is 1. The minimum absolute atomic E-state index is 0.00250. The Morgan fingerprint density at radius 2 is 1.15 bits per heavy atom. The van der Waals surface area contributed by atoms with Crippen molar-refractivity contribution >= 4 is 11.9 Å². The monoisotopic (exact) mass is 734 g/mol. The number of benzene rings is 4. The summed E-state index contributed by atoms with van der Waals surface area (Å²) < 4.78 is 63.3. The molecule has 1 N–H and O–H groups in total. The molecule has 282 valence electrons. The third-order valence-corrected chi connectivity index (χ3v) is 10.5. The van der Waals surface area contributed by atoms with Crippen molar-refractivity contribution in [3.8, 4) is 28.4 Å². The van der Waals surface area contributed by atoms with E-state index in [1.165, 1.54) is 111 Å². The number of hydrogen-bond donors (Lipinski definition) is 1. The third-order valence-electron chi connectivity index (χ3n) is 10.5. The van der Waals surface area contributed by atoms with E-state index < -0.39 is 25.2 Å². The predicted octanol–water partition coefficient (Wildman–Crippen LogP) is 12.1. The Balaban J connectivity index is 0.000000204. The highest BCUT2D eigenvalue weighted by Crippen LogP contribution is 2.39. The number of hydrogen-bond acceptors (Lipinski definition) is 5. The van der Waals surface area contributed by atoms with Crippen LogP contribution in [0.3, 0.4) is 0 Å². The molecule has 0 aliphatic heterocycles. The van der Waals surface area contributed by atoms with Gasteiger partial charge in [-0.1, -0.05) is 69.5 Å². The van der Waals surface area contributed by atoms with Crippen molar-refractivity contribution in [3.05, 3.63) is 113 Å². The highest BCUT2D eigenvalue weighted by atomic mass is 19.3. The number of esters is 1. The number of aromatic carboxylic acids is 1. The molecule has 6 rings (SSSR count). The van der Waals surface area contributed by atoms with E-state index in [2.05, 4.69) is 23.3 Å². The number of alkyl halides is 4. The Bertz CT molecular complexity index is 1760. The Hall–Kier alpha value is -4.86. The summed E-state index contributed by atoms with van der Waals surface area (Å²) in [7, 11) is 0. The van der Waals surface area contributed by atoms with Crippen LogP contribution in [-0.2, 0) is 0 Å². The van der Waals surface area contributed by atoms with Crippen molar-refractivity contribution in [2.24, 2.45) is 11.8 Å². The molecule has 0 aromatic heterocycles. The second-order valence-corrected chi connectivity index (χ2v) is 14.0. The number of halogens is 4. The summed E-state index contributed by atoms with van der Waals surface area (Å²) in [6.07, 6.45) is 11.0. The van der Waals surface area contributed by atoms with E-state index in [0.717, 1.165) is 11.8 Å². The maximum atomic E-state index is 12.5. The summed E-state index contributed by atoms with van der Waals surface area (Å²) in [5, 5.41) is 9.42. The van der Waals surface area contributed by atoms with Crippen LogP contribution in [0, 0.1) is 11.8 Å². The lowest BCUT2D eigenvalue weighted by molar-refractivity contribution is -0.0505. The fourth-order valence-electron chi connectivity index (χ4n) is 7.30. The number of carboxylic acids is 1. The topological polar surface area (TPSA) is 82.1 Å². The molecule has 2 fully saturated rings. The SMILES string of the molecule is CCC1CCC(c2ccc(-c3cc(OC(F)F)ccc3C(=O)O)cc2)CC1.C[C@H]1CC[C@H](c2ccc(OC(=O)c3ccc(OC(F)F)cc3)cc2)CC1. The van der Waals surface area contributed by atoms with Crippen LogP contribution in [0.2, 0.25) is 0 Å². The molecule has 0 unspecified atom stereocenters. The molecule has 6 nitrogen and oxygen atoms in total. The van der Waals surface area contributed by atoms with Gasteiger partial charge in [0, 0.05) is 0 Å². The van der Waals surface area contributed by atoms with Crippen LogP contribution in [0.1, 0.15) is 115 Å². The van der Waals surface area contributed by atoms with Gasteiger partial charge in [0.25, 0.3) is 0 Å². The molecule has 0 saturated heterocycles. The van der Waals surface area contributed by atoms with Gasteiger partial charge in [0.05, 0.1) is 11.1 Å². The third kappa shape index (κ3) is 11.3.